The summed E-state index contributed by atoms with van der Waals surface area (Å²) in [7, 11) is 0. The fourth-order valence-electron chi connectivity index (χ4n) is 6.06. The van der Waals surface area contributed by atoms with E-state index >= 15 is 0 Å². The molecule has 0 unspecified atom stereocenters. The average Bonchev–Trinajstić information content (AvgIpc) is 3.95. The number of rotatable bonds is 6. The maximum atomic E-state index is 6.20. The minimum absolute atomic E-state index is 0.509. The third-order valence-electron chi connectivity index (χ3n) is 8.65. The van der Waals surface area contributed by atoms with Gasteiger partial charge in [0.25, 0.3) is 0 Å². The van der Waals surface area contributed by atoms with E-state index in [0.717, 1.165) is 54.1 Å². The summed E-state index contributed by atoms with van der Waals surface area (Å²) in [6.45, 7) is 0. The van der Waals surface area contributed by atoms with Gasteiger partial charge in [0.1, 0.15) is 16.0 Å². The van der Waals surface area contributed by atoms with Crippen molar-refractivity contribution in [2.75, 3.05) is 0 Å². The van der Waals surface area contributed by atoms with E-state index in [9.17, 15) is 0 Å². The summed E-state index contributed by atoms with van der Waals surface area (Å²) in [4.78, 5) is 29.3. The normalized spacial score (nSPS) is 11.5. The zero-order chi connectivity index (χ0) is 33.7. The van der Waals surface area contributed by atoms with Crippen molar-refractivity contribution in [2.45, 2.75) is 0 Å². The Morgan fingerprint density at radius 2 is 0.902 bits per heavy atom. The molecule has 51 heavy (non-hydrogen) atoms. The minimum Gasteiger partial charge on any atom is -0.436 e. The average molecular weight is 677 g/mol. The molecule has 8 nitrogen and oxygen atoms in total. The molecule has 0 aliphatic rings. The molecule has 0 aliphatic heterocycles. The summed E-state index contributed by atoms with van der Waals surface area (Å²) >= 11 is 1.67. The highest BCUT2D eigenvalue weighted by Gasteiger charge is 2.17. The second-order valence-electron chi connectivity index (χ2n) is 12.0. The van der Waals surface area contributed by atoms with Crippen LogP contribution in [0.4, 0.5) is 0 Å². The number of benzene rings is 6. The summed E-state index contributed by atoms with van der Waals surface area (Å²) in [5, 5.41) is 0.964. The van der Waals surface area contributed by atoms with Gasteiger partial charge in [-0.05, 0) is 72.8 Å². The van der Waals surface area contributed by atoms with Crippen LogP contribution in [0.1, 0.15) is 0 Å². The van der Waals surface area contributed by atoms with Gasteiger partial charge in [0.2, 0.25) is 11.8 Å². The van der Waals surface area contributed by atoms with Gasteiger partial charge in [-0.3, -0.25) is 0 Å². The molecule has 0 radical (unpaired) electrons. The van der Waals surface area contributed by atoms with Crippen LogP contribution in [0.5, 0.6) is 0 Å². The molecule has 0 bridgehead atoms. The van der Waals surface area contributed by atoms with E-state index in [4.69, 9.17) is 38.7 Å². The first kappa shape index (κ1) is 29.1. The number of nitrogens with zero attached hydrogens (tertiary/aromatic N) is 6. The molecule has 0 aliphatic carbocycles. The fraction of sp³-hybridized carbons (Fsp3) is 0. The first-order valence-electron chi connectivity index (χ1n) is 16.4. The summed E-state index contributed by atoms with van der Waals surface area (Å²) in [6.07, 6.45) is 0. The van der Waals surface area contributed by atoms with Gasteiger partial charge < -0.3 is 8.83 Å². The molecule has 10 aromatic rings. The van der Waals surface area contributed by atoms with Crippen molar-refractivity contribution in [3.63, 3.8) is 0 Å². The number of thiazole rings is 1. The lowest BCUT2D eigenvalue weighted by atomic mass is 10.1. The molecule has 0 fully saturated rings. The number of hydrogen-bond acceptors (Lipinski definition) is 9. The van der Waals surface area contributed by atoms with Gasteiger partial charge in [0.15, 0.2) is 28.6 Å². The molecule has 4 aromatic heterocycles. The largest absolute Gasteiger partial charge is 0.436 e. The van der Waals surface area contributed by atoms with E-state index in [2.05, 4.69) is 18.2 Å². The van der Waals surface area contributed by atoms with Crippen molar-refractivity contribution in [1.82, 2.24) is 29.9 Å². The van der Waals surface area contributed by atoms with Gasteiger partial charge in [-0.15, -0.1) is 11.3 Å². The Balaban J connectivity index is 1.08. The smallest absolute Gasteiger partial charge is 0.227 e. The predicted octanol–water partition coefficient (Wildman–Crippen LogP) is 10.8. The molecular formula is C42H24N6O2S. The Hall–Kier alpha value is -6.84. The topological polar surface area (TPSA) is 104 Å². The first-order chi connectivity index (χ1) is 25.2. The van der Waals surface area contributed by atoms with Crippen molar-refractivity contribution in [3.05, 3.63) is 146 Å². The molecule has 4 heterocycles. The Bertz CT molecular complexity index is 2690. The van der Waals surface area contributed by atoms with E-state index in [-0.39, 0.29) is 0 Å². The van der Waals surface area contributed by atoms with E-state index < -0.39 is 0 Å². The lowest BCUT2D eigenvalue weighted by Gasteiger charge is -2.09. The fourth-order valence-corrected chi connectivity index (χ4v) is 7.03. The quantitative estimate of drug-likeness (QED) is 0.171. The molecule has 0 saturated carbocycles. The molecular weight excluding hydrogens is 653 g/mol. The molecule has 10 rings (SSSR count). The van der Waals surface area contributed by atoms with Gasteiger partial charge in [-0.2, -0.15) is 0 Å². The highest BCUT2D eigenvalue weighted by Crippen LogP contribution is 2.34. The highest BCUT2D eigenvalue weighted by atomic mass is 32.1. The molecule has 0 atom stereocenters. The SMILES string of the molecule is c1ccc(-c2nc3cc(-c4nc(-c5ccc(-c6nc7ccccc7s6)cc5)nc(-c5ccc6nc(-c7ccccc7)oc6c5)n4)ccc3o2)cc1. The van der Waals surface area contributed by atoms with Crippen LogP contribution >= 0.6 is 11.3 Å². The number of fused-ring (bicyclic) bond motifs is 3. The molecule has 9 heteroatoms. The van der Waals surface area contributed by atoms with Crippen LogP contribution in [-0.2, 0) is 0 Å². The highest BCUT2D eigenvalue weighted by molar-refractivity contribution is 7.21. The third kappa shape index (κ3) is 5.42. The van der Waals surface area contributed by atoms with E-state index in [1.165, 1.54) is 0 Å². The summed E-state index contributed by atoms with van der Waals surface area (Å²) < 4.78 is 13.4. The van der Waals surface area contributed by atoms with Gasteiger partial charge >= 0.3 is 0 Å². The van der Waals surface area contributed by atoms with Crippen LogP contribution in [0.25, 0.3) is 100 Å². The van der Waals surface area contributed by atoms with Crippen molar-refractivity contribution < 1.29 is 8.83 Å². The molecule has 0 spiro atoms. The van der Waals surface area contributed by atoms with Gasteiger partial charge in [0, 0.05) is 33.4 Å². The van der Waals surface area contributed by atoms with Crippen LogP contribution < -0.4 is 0 Å². The van der Waals surface area contributed by atoms with Crippen molar-refractivity contribution in [2.24, 2.45) is 0 Å². The second-order valence-corrected chi connectivity index (χ2v) is 13.0. The van der Waals surface area contributed by atoms with Crippen LogP contribution in [0, 0.1) is 0 Å². The number of para-hydroxylation sites is 1. The predicted molar refractivity (Wildman–Crippen MR) is 201 cm³/mol. The Kier molecular flexibility index (Phi) is 6.81. The van der Waals surface area contributed by atoms with E-state index in [0.29, 0.717) is 45.9 Å². The maximum absolute atomic E-state index is 6.20. The molecule has 240 valence electrons. The summed E-state index contributed by atoms with van der Waals surface area (Å²) in [6, 6.07) is 47.7. The molecule has 0 amide bonds. The lowest BCUT2D eigenvalue weighted by Crippen LogP contribution is -2.00. The Morgan fingerprint density at radius 1 is 0.353 bits per heavy atom. The van der Waals surface area contributed by atoms with Gasteiger partial charge in [0.05, 0.1) is 10.2 Å². The van der Waals surface area contributed by atoms with E-state index in [1.807, 2.05) is 127 Å². The second kappa shape index (κ2) is 11.9. The van der Waals surface area contributed by atoms with Crippen molar-refractivity contribution >= 4 is 43.8 Å². The van der Waals surface area contributed by atoms with Crippen molar-refractivity contribution in [1.29, 1.82) is 0 Å². The number of oxazole rings is 2. The monoisotopic (exact) mass is 676 g/mol. The summed E-state index contributed by atoms with van der Waals surface area (Å²) in [5.74, 6) is 2.68. The number of hydrogen-bond donors (Lipinski definition) is 0. The molecule has 0 N–H and O–H groups in total. The van der Waals surface area contributed by atoms with Crippen LogP contribution in [0.2, 0.25) is 0 Å². The maximum Gasteiger partial charge on any atom is 0.227 e. The number of aromatic nitrogens is 6. The zero-order valence-electron chi connectivity index (χ0n) is 26.8. The van der Waals surface area contributed by atoms with E-state index in [1.54, 1.807) is 11.3 Å². The Labute approximate surface area is 294 Å². The van der Waals surface area contributed by atoms with Crippen LogP contribution in [-0.4, -0.2) is 29.9 Å². The lowest BCUT2D eigenvalue weighted by molar-refractivity contribution is 0.619. The van der Waals surface area contributed by atoms with Crippen LogP contribution in [0.15, 0.2) is 154 Å². The third-order valence-corrected chi connectivity index (χ3v) is 9.74. The zero-order valence-corrected chi connectivity index (χ0v) is 27.6. The van der Waals surface area contributed by atoms with Crippen molar-refractivity contribution in [3.8, 4) is 67.6 Å². The minimum atomic E-state index is 0.509. The first-order valence-corrected chi connectivity index (χ1v) is 17.2. The van der Waals surface area contributed by atoms with Gasteiger partial charge in [-0.1, -0.05) is 72.8 Å². The molecule has 0 saturated heterocycles. The Morgan fingerprint density at radius 3 is 1.61 bits per heavy atom. The standard InChI is InChI=1S/C42H24N6O2S/c1-3-9-26(10-4-1)40-43-31-21-19-30(24-35(31)50-40)39-47-37(25-15-17-28(18-16-25)42-45-32-13-7-8-14-36(32)51-42)46-38(48-39)29-20-22-34-33(23-29)44-41(49-34)27-11-5-2-6-12-27/h1-24H. The van der Waals surface area contributed by atoms with Crippen LogP contribution in [0.3, 0.4) is 0 Å². The van der Waals surface area contributed by atoms with Gasteiger partial charge in [-0.25, -0.2) is 29.9 Å². The summed E-state index contributed by atoms with van der Waals surface area (Å²) in [5.41, 5.74) is 9.07. The molecule has 6 aromatic carbocycles.